The van der Waals surface area contributed by atoms with E-state index in [1.807, 2.05) is 0 Å². The molecule has 1 aliphatic heterocycles. The molecule has 2 fully saturated rings. The first-order valence-corrected chi connectivity index (χ1v) is 7.18. The molecule has 0 radical (unpaired) electrons. The van der Waals surface area contributed by atoms with Crippen LogP contribution < -0.4 is 5.73 Å². The summed E-state index contributed by atoms with van der Waals surface area (Å²) in [4.78, 5) is 13.9. The van der Waals surface area contributed by atoms with Crippen LogP contribution in [0.4, 0.5) is 17.6 Å². The van der Waals surface area contributed by atoms with Crippen molar-refractivity contribution in [2.45, 2.75) is 25.1 Å². The number of amides is 1. The van der Waals surface area contributed by atoms with Gasteiger partial charge in [0.05, 0.1) is 5.56 Å². The Morgan fingerprint density at radius 2 is 1.87 bits per heavy atom. The van der Waals surface area contributed by atoms with Gasteiger partial charge in [-0.1, -0.05) is 0 Å². The maximum absolute atomic E-state index is 13.4. The van der Waals surface area contributed by atoms with Gasteiger partial charge in [0.15, 0.2) is 0 Å². The summed E-state index contributed by atoms with van der Waals surface area (Å²) in [6, 6.07) is 1.98. The zero-order valence-corrected chi connectivity index (χ0v) is 13.0. The Balaban J connectivity index is 0.00000192. The second-order valence-corrected chi connectivity index (χ2v) is 6.10. The van der Waals surface area contributed by atoms with E-state index < -0.39 is 23.5 Å². The topological polar surface area (TPSA) is 46.3 Å². The molecule has 3 unspecified atom stereocenters. The highest BCUT2D eigenvalue weighted by Gasteiger charge is 2.43. The van der Waals surface area contributed by atoms with Crippen LogP contribution in [0.1, 0.15) is 28.8 Å². The van der Waals surface area contributed by atoms with Gasteiger partial charge in [-0.2, -0.15) is 13.2 Å². The molecule has 1 aliphatic carbocycles. The monoisotopic (exact) mass is 352 g/mol. The number of fused-ring (bicyclic) bond motifs is 1. The molecule has 1 amide bonds. The fourth-order valence-corrected chi connectivity index (χ4v) is 3.53. The van der Waals surface area contributed by atoms with Gasteiger partial charge < -0.3 is 10.6 Å². The van der Waals surface area contributed by atoms with E-state index in [-0.39, 0.29) is 29.9 Å². The molecule has 23 heavy (non-hydrogen) atoms. The minimum Gasteiger partial charge on any atom is -0.338 e. The summed E-state index contributed by atoms with van der Waals surface area (Å²) in [5.74, 6) is -1.13. The van der Waals surface area contributed by atoms with Crippen LogP contribution in [0.15, 0.2) is 18.2 Å². The minimum atomic E-state index is -4.68. The number of benzene rings is 1. The smallest absolute Gasteiger partial charge is 0.338 e. The first-order chi connectivity index (χ1) is 10.3. The van der Waals surface area contributed by atoms with Crippen molar-refractivity contribution in [2.24, 2.45) is 17.6 Å². The maximum Gasteiger partial charge on any atom is 0.416 e. The van der Waals surface area contributed by atoms with Gasteiger partial charge >= 0.3 is 6.18 Å². The highest BCUT2D eigenvalue weighted by molar-refractivity contribution is 5.94. The van der Waals surface area contributed by atoms with Crippen molar-refractivity contribution in [3.63, 3.8) is 0 Å². The molecule has 128 valence electrons. The van der Waals surface area contributed by atoms with Crippen LogP contribution in [0.25, 0.3) is 0 Å². The first-order valence-electron chi connectivity index (χ1n) is 7.18. The molecule has 1 saturated heterocycles. The van der Waals surface area contributed by atoms with Crippen molar-refractivity contribution in [2.75, 3.05) is 13.1 Å². The normalized spacial score (nSPS) is 26.8. The summed E-state index contributed by atoms with van der Waals surface area (Å²) in [6.45, 7) is 0.914. The van der Waals surface area contributed by atoms with E-state index in [1.165, 1.54) is 4.90 Å². The maximum atomic E-state index is 13.4. The number of nitrogens with two attached hydrogens (primary N) is 1. The van der Waals surface area contributed by atoms with Crippen LogP contribution in [0.5, 0.6) is 0 Å². The average Bonchev–Trinajstić information content (AvgIpc) is 2.99. The number of hydrogen-bond acceptors (Lipinski definition) is 2. The van der Waals surface area contributed by atoms with Crippen LogP contribution in [0.2, 0.25) is 0 Å². The number of nitrogens with zero attached hydrogens (tertiary/aromatic N) is 1. The Bertz CT molecular complexity index is 608. The fraction of sp³-hybridized carbons (Fsp3) is 0.533. The third-order valence-corrected chi connectivity index (χ3v) is 4.67. The summed E-state index contributed by atoms with van der Waals surface area (Å²) >= 11 is 0. The van der Waals surface area contributed by atoms with Crippen LogP contribution >= 0.6 is 12.4 Å². The Morgan fingerprint density at radius 1 is 1.17 bits per heavy atom. The van der Waals surface area contributed by atoms with Gasteiger partial charge in [-0.15, -0.1) is 12.4 Å². The second-order valence-electron chi connectivity index (χ2n) is 6.10. The lowest BCUT2D eigenvalue weighted by Gasteiger charge is -2.19. The number of hydrogen-bond donors (Lipinski definition) is 1. The molecule has 1 aromatic rings. The minimum absolute atomic E-state index is 0. The SMILES string of the molecule is Cl.NC1CCC2CN(C(=O)c3cc(F)cc(C(F)(F)F)c3)CC12. The predicted octanol–water partition coefficient (Wildman–Crippen LogP) is 3.08. The van der Waals surface area contributed by atoms with Crippen LogP contribution in [-0.4, -0.2) is 29.9 Å². The van der Waals surface area contributed by atoms with Gasteiger partial charge in [0, 0.05) is 24.7 Å². The van der Waals surface area contributed by atoms with Gasteiger partial charge in [0.25, 0.3) is 5.91 Å². The number of halogens is 5. The molecular formula is C15H17ClF4N2O. The zero-order chi connectivity index (χ0) is 16.1. The number of rotatable bonds is 1. The van der Waals surface area contributed by atoms with Gasteiger partial charge in [0.1, 0.15) is 5.82 Å². The van der Waals surface area contributed by atoms with Crippen molar-refractivity contribution < 1.29 is 22.4 Å². The molecule has 3 atom stereocenters. The lowest BCUT2D eigenvalue weighted by Crippen LogP contribution is -2.33. The molecule has 8 heteroatoms. The predicted molar refractivity (Wildman–Crippen MR) is 78.7 cm³/mol. The summed E-state index contributed by atoms with van der Waals surface area (Å²) in [5.41, 5.74) is 4.57. The highest BCUT2D eigenvalue weighted by atomic mass is 35.5. The summed E-state index contributed by atoms with van der Waals surface area (Å²) in [7, 11) is 0. The summed E-state index contributed by atoms with van der Waals surface area (Å²) < 4.78 is 51.6. The molecule has 1 saturated carbocycles. The van der Waals surface area contributed by atoms with Crippen molar-refractivity contribution in [3.8, 4) is 0 Å². The first kappa shape index (κ1) is 18.0. The molecule has 0 bridgehead atoms. The largest absolute Gasteiger partial charge is 0.416 e. The number of carbonyl (C=O) groups is 1. The number of carbonyl (C=O) groups excluding carboxylic acids is 1. The lowest BCUT2D eigenvalue weighted by atomic mass is 9.98. The molecule has 2 N–H and O–H groups in total. The Labute approximate surface area is 137 Å². The molecule has 2 aliphatic rings. The van der Waals surface area contributed by atoms with Gasteiger partial charge in [-0.3, -0.25) is 4.79 Å². The molecule has 3 rings (SSSR count). The molecule has 1 heterocycles. The quantitative estimate of drug-likeness (QED) is 0.790. The Morgan fingerprint density at radius 3 is 2.48 bits per heavy atom. The standard InChI is InChI=1S/C15H16F4N2O.ClH/c16-11-4-9(3-10(5-11)15(17,18)19)14(22)21-6-8-1-2-13(20)12(8)7-21;/h3-5,8,12-13H,1-2,6-7,20H2;1H. The Kier molecular flexibility index (Phi) is 4.92. The van der Waals surface area contributed by atoms with Crippen molar-refractivity contribution >= 4 is 18.3 Å². The van der Waals surface area contributed by atoms with E-state index in [0.29, 0.717) is 31.1 Å². The van der Waals surface area contributed by atoms with E-state index >= 15 is 0 Å². The number of likely N-dealkylation sites (tertiary alicyclic amines) is 1. The lowest BCUT2D eigenvalue weighted by molar-refractivity contribution is -0.137. The van der Waals surface area contributed by atoms with Crippen LogP contribution in [0, 0.1) is 17.7 Å². The molecule has 3 nitrogen and oxygen atoms in total. The molecule has 0 aromatic heterocycles. The fourth-order valence-electron chi connectivity index (χ4n) is 3.53. The third-order valence-electron chi connectivity index (χ3n) is 4.67. The van der Waals surface area contributed by atoms with Crippen LogP contribution in [-0.2, 0) is 6.18 Å². The molecular weight excluding hydrogens is 336 g/mol. The van der Waals surface area contributed by atoms with Gasteiger partial charge in [0.2, 0.25) is 0 Å². The summed E-state index contributed by atoms with van der Waals surface area (Å²) in [5, 5.41) is 0. The Hall–Kier alpha value is -1.34. The van der Waals surface area contributed by atoms with E-state index in [2.05, 4.69) is 0 Å². The second kappa shape index (κ2) is 6.28. The van der Waals surface area contributed by atoms with Crippen molar-refractivity contribution in [1.82, 2.24) is 4.90 Å². The average molecular weight is 353 g/mol. The van der Waals surface area contributed by atoms with Gasteiger partial charge in [-0.05, 0) is 42.9 Å². The van der Waals surface area contributed by atoms with Gasteiger partial charge in [-0.25, -0.2) is 4.39 Å². The van der Waals surface area contributed by atoms with E-state index in [9.17, 15) is 22.4 Å². The van der Waals surface area contributed by atoms with E-state index in [1.54, 1.807) is 0 Å². The van der Waals surface area contributed by atoms with Crippen molar-refractivity contribution in [1.29, 1.82) is 0 Å². The third kappa shape index (κ3) is 3.45. The van der Waals surface area contributed by atoms with Crippen LogP contribution in [0.3, 0.4) is 0 Å². The highest BCUT2D eigenvalue weighted by Crippen LogP contribution is 2.38. The molecule has 0 spiro atoms. The van der Waals surface area contributed by atoms with E-state index in [0.717, 1.165) is 18.9 Å². The van der Waals surface area contributed by atoms with Crippen molar-refractivity contribution in [3.05, 3.63) is 35.1 Å². The zero-order valence-electron chi connectivity index (χ0n) is 12.1. The summed E-state index contributed by atoms with van der Waals surface area (Å²) in [6.07, 6.45) is -2.84. The van der Waals surface area contributed by atoms with E-state index in [4.69, 9.17) is 5.73 Å². The number of alkyl halides is 3. The molecule has 1 aromatic carbocycles.